The van der Waals surface area contributed by atoms with Gasteiger partial charge in [0.15, 0.2) is 0 Å². The molecule has 0 radical (unpaired) electrons. The number of phenolic OH excluding ortho intramolecular Hbond substituents is 1. The van der Waals surface area contributed by atoms with Crippen molar-refractivity contribution in [1.82, 2.24) is 0 Å². The maximum absolute atomic E-state index is 9.33. The molecule has 168 valence electrons. The van der Waals surface area contributed by atoms with E-state index in [1.165, 1.54) is 108 Å². The van der Waals surface area contributed by atoms with Gasteiger partial charge in [-0.05, 0) is 37.5 Å². The molecule has 0 amide bonds. The quantitative estimate of drug-likeness (QED) is 0.220. The lowest BCUT2D eigenvalue weighted by Crippen LogP contribution is -2.12. The predicted octanol–water partition coefficient (Wildman–Crippen LogP) is 8.60. The van der Waals surface area contributed by atoms with Gasteiger partial charge in [-0.3, -0.25) is 0 Å². The highest BCUT2D eigenvalue weighted by atomic mass is 16.5. The van der Waals surface area contributed by atoms with Crippen LogP contribution >= 0.6 is 0 Å². The second-order valence-electron chi connectivity index (χ2n) is 8.86. The molecule has 0 saturated heterocycles. The third-order valence-electron chi connectivity index (χ3n) is 5.86. The largest absolute Gasteiger partial charge is 0.508 e. The predicted molar refractivity (Wildman–Crippen MR) is 127 cm³/mol. The third-order valence-corrected chi connectivity index (χ3v) is 5.86. The van der Waals surface area contributed by atoms with Crippen molar-refractivity contribution in [2.45, 2.75) is 129 Å². The van der Waals surface area contributed by atoms with Gasteiger partial charge in [-0.15, -0.1) is 0 Å². The fraction of sp³-hybridized carbons (Fsp3) is 0.778. The number of hydrogen-bond donors (Lipinski definition) is 1. The Bertz CT molecular complexity index is 454. The molecule has 0 aliphatic carbocycles. The molecule has 1 rings (SSSR count). The molecule has 0 bridgehead atoms. The van der Waals surface area contributed by atoms with E-state index in [-0.39, 0.29) is 6.10 Å². The Labute approximate surface area is 181 Å². The third kappa shape index (κ3) is 16.5. The second kappa shape index (κ2) is 19.0. The van der Waals surface area contributed by atoms with E-state index >= 15 is 0 Å². The summed E-state index contributed by atoms with van der Waals surface area (Å²) in [6.07, 6.45) is 23.6. The Morgan fingerprint density at radius 1 is 0.655 bits per heavy atom. The Balaban J connectivity index is 1.77. The van der Waals surface area contributed by atoms with Crippen molar-refractivity contribution in [2.75, 3.05) is 6.61 Å². The Kier molecular flexibility index (Phi) is 17.0. The summed E-state index contributed by atoms with van der Waals surface area (Å²) in [7, 11) is 0. The molecule has 0 saturated carbocycles. The molecule has 1 aromatic rings. The minimum Gasteiger partial charge on any atom is -0.508 e. The highest BCUT2D eigenvalue weighted by molar-refractivity contribution is 5.26. The first-order valence-corrected chi connectivity index (χ1v) is 12.6. The average molecular weight is 405 g/mol. The molecule has 0 fully saturated rings. The zero-order valence-corrected chi connectivity index (χ0v) is 19.5. The summed E-state index contributed by atoms with van der Waals surface area (Å²) in [5.74, 6) is 0.329. The molecule has 29 heavy (non-hydrogen) atoms. The summed E-state index contributed by atoms with van der Waals surface area (Å²) in [4.78, 5) is 0. The average Bonchev–Trinajstić information content (AvgIpc) is 2.72. The maximum Gasteiger partial charge on any atom is 0.115 e. The minimum absolute atomic E-state index is 0.246. The second-order valence-corrected chi connectivity index (χ2v) is 8.86. The zero-order chi connectivity index (χ0) is 21.0. The van der Waals surface area contributed by atoms with Crippen LogP contribution in [-0.4, -0.2) is 17.8 Å². The van der Waals surface area contributed by atoms with E-state index in [0.717, 1.165) is 13.0 Å². The van der Waals surface area contributed by atoms with E-state index < -0.39 is 0 Å². The van der Waals surface area contributed by atoms with Crippen LogP contribution in [0.5, 0.6) is 5.75 Å². The first kappa shape index (κ1) is 26.0. The van der Waals surface area contributed by atoms with E-state index in [4.69, 9.17) is 4.74 Å². The summed E-state index contributed by atoms with van der Waals surface area (Å²) in [6.45, 7) is 5.30. The van der Waals surface area contributed by atoms with E-state index in [0.29, 0.717) is 5.75 Å². The van der Waals surface area contributed by atoms with Gasteiger partial charge in [0.1, 0.15) is 5.75 Å². The van der Waals surface area contributed by atoms with Crippen molar-refractivity contribution in [3.05, 3.63) is 29.8 Å². The summed E-state index contributed by atoms with van der Waals surface area (Å²) < 4.78 is 5.93. The summed E-state index contributed by atoms with van der Waals surface area (Å²) in [5, 5.41) is 9.33. The number of ether oxygens (including phenoxy) is 1. The lowest BCUT2D eigenvalue weighted by molar-refractivity contribution is 0.0634. The summed E-state index contributed by atoms with van der Waals surface area (Å²) >= 11 is 0. The van der Waals surface area contributed by atoms with Crippen molar-refractivity contribution < 1.29 is 9.84 Å². The monoisotopic (exact) mass is 404 g/mol. The van der Waals surface area contributed by atoms with Gasteiger partial charge in [-0.1, -0.05) is 115 Å². The number of benzene rings is 1. The highest BCUT2D eigenvalue weighted by Crippen LogP contribution is 2.15. The van der Waals surface area contributed by atoms with Gasteiger partial charge in [0.25, 0.3) is 0 Å². The van der Waals surface area contributed by atoms with Gasteiger partial charge in [0.05, 0.1) is 6.10 Å². The van der Waals surface area contributed by atoms with Crippen molar-refractivity contribution in [2.24, 2.45) is 0 Å². The van der Waals surface area contributed by atoms with E-state index in [2.05, 4.69) is 13.8 Å². The van der Waals surface area contributed by atoms with Crippen molar-refractivity contribution in [1.29, 1.82) is 0 Å². The number of unbranched alkanes of at least 4 members (excludes halogenated alkanes) is 15. The Hall–Kier alpha value is -1.02. The van der Waals surface area contributed by atoms with Crippen molar-refractivity contribution >= 4 is 0 Å². The van der Waals surface area contributed by atoms with Crippen LogP contribution < -0.4 is 0 Å². The van der Waals surface area contributed by atoms with Crippen LogP contribution in [-0.2, 0) is 11.2 Å². The molecule has 0 heterocycles. The molecule has 0 aliphatic rings. The molecule has 1 unspecified atom stereocenters. The standard InChI is InChI=1S/C27H48O2/c1-3-4-5-6-7-8-9-10-11-12-13-14-15-16-17-18-23-29-25(2)24-26-19-21-27(28)22-20-26/h19-22,25,28H,3-18,23-24H2,1-2H3. The molecule has 1 N–H and O–H groups in total. The topological polar surface area (TPSA) is 29.5 Å². The van der Waals surface area contributed by atoms with Crippen LogP contribution in [0.1, 0.15) is 122 Å². The molecule has 1 atom stereocenters. The molecular formula is C27H48O2. The number of phenols is 1. The zero-order valence-electron chi connectivity index (χ0n) is 19.5. The van der Waals surface area contributed by atoms with E-state index in [1.54, 1.807) is 12.1 Å². The number of aromatic hydroxyl groups is 1. The molecule has 0 spiro atoms. The SMILES string of the molecule is CCCCCCCCCCCCCCCCCCOC(C)Cc1ccc(O)cc1. The molecule has 0 aliphatic heterocycles. The first-order chi connectivity index (χ1) is 14.2. The van der Waals surface area contributed by atoms with Gasteiger partial charge in [0, 0.05) is 6.61 Å². The van der Waals surface area contributed by atoms with E-state index in [9.17, 15) is 5.11 Å². The Morgan fingerprint density at radius 3 is 1.52 bits per heavy atom. The lowest BCUT2D eigenvalue weighted by atomic mass is 10.0. The van der Waals surface area contributed by atoms with Crippen LogP contribution in [0.4, 0.5) is 0 Å². The smallest absolute Gasteiger partial charge is 0.115 e. The minimum atomic E-state index is 0.246. The van der Waals surface area contributed by atoms with E-state index in [1.807, 2.05) is 12.1 Å². The van der Waals surface area contributed by atoms with Gasteiger partial charge in [0.2, 0.25) is 0 Å². The van der Waals surface area contributed by atoms with Crippen molar-refractivity contribution in [3.8, 4) is 5.75 Å². The van der Waals surface area contributed by atoms with Crippen LogP contribution in [0.3, 0.4) is 0 Å². The molecule has 0 aromatic heterocycles. The fourth-order valence-corrected chi connectivity index (χ4v) is 3.96. The van der Waals surface area contributed by atoms with Crippen LogP contribution in [0.15, 0.2) is 24.3 Å². The van der Waals surface area contributed by atoms with Gasteiger partial charge < -0.3 is 9.84 Å². The summed E-state index contributed by atoms with van der Waals surface area (Å²) in [6, 6.07) is 7.45. The van der Waals surface area contributed by atoms with Crippen LogP contribution in [0.25, 0.3) is 0 Å². The van der Waals surface area contributed by atoms with Gasteiger partial charge in [-0.25, -0.2) is 0 Å². The van der Waals surface area contributed by atoms with Gasteiger partial charge in [-0.2, -0.15) is 0 Å². The molecule has 2 nitrogen and oxygen atoms in total. The van der Waals surface area contributed by atoms with Crippen LogP contribution in [0, 0.1) is 0 Å². The molecule has 2 heteroatoms. The molecular weight excluding hydrogens is 356 g/mol. The van der Waals surface area contributed by atoms with Crippen LogP contribution in [0.2, 0.25) is 0 Å². The first-order valence-electron chi connectivity index (χ1n) is 12.6. The maximum atomic E-state index is 9.33. The molecule has 1 aromatic carbocycles. The lowest BCUT2D eigenvalue weighted by Gasteiger charge is -2.13. The number of hydrogen-bond acceptors (Lipinski definition) is 2. The highest BCUT2D eigenvalue weighted by Gasteiger charge is 2.04. The summed E-state index contributed by atoms with van der Waals surface area (Å²) in [5.41, 5.74) is 1.22. The van der Waals surface area contributed by atoms with Crippen molar-refractivity contribution in [3.63, 3.8) is 0 Å². The van der Waals surface area contributed by atoms with Gasteiger partial charge >= 0.3 is 0 Å². The number of rotatable bonds is 20. The fourth-order valence-electron chi connectivity index (χ4n) is 3.96. The Morgan fingerprint density at radius 2 is 1.07 bits per heavy atom. The normalized spacial score (nSPS) is 12.3.